The predicted molar refractivity (Wildman–Crippen MR) is 40.1 cm³/mol. The number of morpholine rings is 1. The van der Waals surface area contributed by atoms with Crippen LogP contribution in [-0.4, -0.2) is 36.1 Å². The third kappa shape index (κ3) is 1.03. The normalized spacial score (nSPS) is 41.7. The lowest BCUT2D eigenvalue weighted by Gasteiger charge is -2.26. The van der Waals surface area contributed by atoms with Crippen molar-refractivity contribution in [2.24, 2.45) is 5.92 Å². The molecule has 0 aromatic carbocycles. The first kappa shape index (κ1) is 7.10. The van der Waals surface area contributed by atoms with Crippen LogP contribution in [0.2, 0.25) is 0 Å². The van der Waals surface area contributed by atoms with Crippen LogP contribution in [0.3, 0.4) is 0 Å². The van der Waals surface area contributed by atoms with Crippen molar-refractivity contribution in [2.45, 2.75) is 25.9 Å². The van der Waals surface area contributed by atoms with Gasteiger partial charge < -0.3 is 4.74 Å². The first-order chi connectivity index (χ1) is 5.20. The van der Waals surface area contributed by atoms with Crippen LogP contribution in [0.4, 0.5) is 0 Å². The minimum atomic E-state index is -0.0260. The first-order valence-electron chi connectivity index (χ1n) is 4.12. The van der Waals surface area contributed by atoms with Crippen LogP contribution in [0.15, 0.2) is 0 Å². The summed E-state index contributed by atoms with van der Waals surface area (Å²) < 4.78 is 5.03. The summed E-state index contributed by atoms with van der Waals surface area (Å²) in [7, 11) is 0. The van der Waals surface area contributed by atoms with Crippen molar-refractivity contribution < 1.29 is 9.53 Å². The van der Waals surface area contributed by atoms with E-state index >= 15 is 0 Å². The highest BCUT2D eigenvalue weighted by Gasteiger charge is 2.50. The quantitative estimate of drug-likeness (QED) is 0.401. The standard InChI is InChI=1S/C8H13NO2/c1-5(2)7-4-11-8(10)6-3-9(6)7/h5-7H,3-4H2,1-2H3/t6-,7+,9?/m0/s1. The summed E-state index contributed by atoms with van der Waals surface area (Å²) in [5.74, 6) is 0.565. The highest BCUT2D eigenvalue weighted by Crippen LogP contribution is 2.30. The van der Waals surface area contributed by atoms with E-state index < -0.39 is 0 Å². The zero-order chi connectivity index (χ0) is 8.01. The van der Waals surface area contributed by atoms with E-state index in [4.69, 9.17) is 4.74 Å². The lowest BCUT2D eigenvalue weighted by molar-refractivity contribution is -0.150. The molecule has 0 radical (unpaired) electrons. The number of hydrogen-bond acceptors (Lipinski definition) is 3. The topological polar surface area (TPSA) is 29.3 Å². The Bertz CT molecular complexity index is 191. The Morgan fingerprint density at radius 3 is 3.00 bits per heavy atom. The van der Waals surface area contributed by atoms with Crippen LogP contribution in [0.1, 0.15) is 13.8 Å². The number of esters is 1. The van der Waals surface area contributed by atoms with Gasteiger partial charge in [-0.3, -0.25) is 9.69 Å². The van der Waals surface area contributed by atoms with Gasteiger partial charge in [-0.15, -0.1) is 0 Å². The molecule has 2 fully saturated rings. The van der Waals surface area contributed by atoms with Crippen LogP contribution in [0.25, 0.3) is 0 Å². The van der Waals surface area contributed by atoms with Crippen molar-refractivity contribution in [3.63, 3.8) is 0 Å². The Kier molecular flexibility index (Phi) is 1.42. The third-order valence-corrected chi connectivity index (χ3v) is 2.51. The SMILES string of the molecule is CC(C)[C@H]1COC(=O)[C@@H]2CN12. The maximum absolute atomic E-state index is 10.9. The van der Waals surface area contributed by atoms with Crippen LogP contribution in [0.5, 0.6) is 0 Å². The number of fused-ring (bicyclic) bond motifs is 1. The average molecular weight is 155 g/mol. The number of carbonyl (C=O) groups is 1. The highest BCUT2D eigenvalue weighted by atomic mass is 16.5. The molecule has 3 atom stereocenters. The molecule has 0 saturated carbocycles. The van der Waals surface area contributed by atoms with Gasteiger partial charge in [0.1, 0.15) is 12.6 Å². The number of rotatable bonds is 1. The molecule has 3 nitrogen and oxygen atoms in total. The van der Waals surface area contributed by atoms with E-state index in [1.807, 2.05) is 0 Å². The van der Waals surface area contributed by atoms with Crippen LogP contribution >= 0.6 is 0 Å². The van der Waals surface area contributed by atoms with Gasteiger partial charge in [-0.05, 0) is 5.92 Å². The Morgan fingerprint density at radius 2 is 2.36 bits per heavy atom. The summed E-state index contributed by atoms with van der Waals surface area (Å²) in [6.45, 7) is 5.84. The first-order valence-corrected chi connectivity index (χ1v) is 4.12. The second kappa shape index (κ2) is 2.21. The molecule has 2 saturated heterocycles. The zero-order valence-electron chi connectivity index (χ0n) is 6.91. The average Bonchev–Trinajstić information content (AvgIpc) is 2.66. The van der Waals surface area contributed by atoms with E-state index in [9.17, 15) is 4.79 Å². The van der Waals surface area contributed by atoms with Gasteiger partial charge in [0.2, 0.25) is 0 Å². The molecule has 0 spiro atoms. The van der Waals surface area contributed by atoms with E-state index in [1.54, 1.807) is 0 Å². The molecule has 2 aliphatic heterocycles. The van der Waals surface area contributed by atoms with Crippen molar-refractivity contribution in [1.29, 1.82) is 0 Å². The van der Waals surface area contributed by atoms with E-state index in [0.29, 0.717) is 18.6 Å². The smallest absolute Gasteiger partial charge is 0.324 e. The molecule has 62 valence electrons. The zero-order valence-corrected chi connectivity index (χ0v) is 6.91. The monoisotopic (exact) mass is 155 g/mol. The molecule has 2 rings (SSSR count). The van der Waals surface area contributed by atoms with Gasteiger partial charge in [0.25, 0.3) is 0 Å². The molecule has 0 aliphatic carbocycles. The molecule has 11 heavy (non-hydrogen) atoms. The van der Waals surface area contributed by atoms with E-state index in [1.165, 1.54) is 0 Å². The van der Waals surface area contributed by atoms with Gasteiger partial charge in [-0.2, -0.15) is 0 Å². The summed E-state index contributed by atoms with van der Waals surface area (Å²) in [5, 5.41) is 0. The molecule has 1 unspecified atom stereocenters. The molecule has 2 heterocycles. The van der Waals surface area contributed by atoms with Gasteiger partial charge in [-0.1, -0.05) is 13.8 Å². The summed E-state index contributed by atoms with van der Waals surface area (Å²) in [5.41, 5.74) is 0. The Balaban J connectivity index is 2.02. The van der Waals surface area contributed by atoms with Crippen LogP contribution < -0.4 is 0 Å². The van der Waals surface area contributed by atoms with Crippen molar-refractivity contribution in [2.75, 3.05) is 13.2 Å². The second-order valence-corrected chi connectivity index (χ2v) is 3.65. The fourth-order valence-electron chi connectivity index (χ4n) is 1.66. The van der Waals surface area contributed by atoms with Crippen LogP contribution in [0, 0.1) is 5.92 Å². The Labute approximate surface area is 66.3 Å². The van der Waals surface area contributed by atoms with Crippen molar-refractivity contribution in [3.05, 3.63) is 0 Å². The molecule has 0 amide bonds. The largest absolute Gasteiger partial charge is 0.463 e. The van der Waals surface area contributed by atoms with Gasteiger partial charge in [0.15, 0.2) is 0 Å². The third-order valence-electron chi connectivity index (χ3n) is 2.51. The Morgan fingerprint density at radius 1 is 1.64 bits per heavy atom. The fraction of sp³-hybridized carbons (Fsp3) is 0.875. The lowest BCUT2D eigenvalue weighted by Crippen LogP contribution is -2.39. The highest BCUT2D eigenvalue weighted by molar-refractivity contribution is 5.80. The Hall–Kier alpha value is -0.570. The number of nitrogens with zero attached hydrogens (tertiary/aromatic N) is 1. The summed E-state index contributed by atoms with van der Waals surface area (Å²) in [4.78, 5) is 13.2. The fourth-order valence-corrected chi connectivity index (χ4v) is 1.66. The summed E-state index contributed by atoms with van der Waals surface area (Å²) >= 11 is 0. The number of hydrogen-bond donors (Lipinski definition) is 0. The molecule has 0 bridgehead atoms. The van der Waals surface area contributed by atoms with Gasteiger partial charge >= 0.3 is 5.97 Å². The molecule has 0 aromatic heterocycles. The van der Waals surface area contributed by atoms with Gasteiger partial charge in [0.05, 0.1) is 0 Å². The minimum absolute atomic E-state index is 0.0260. The lowest BCUT2D eigenvalue weighted by atomic mass is 10.0. The maximum atomic E-state index is 10.9. The second-order valence-electron chi connectivity index (χ2n) is 3.65. The maximum Gasteiger partial charge on any atom is 0.324 e. The molecule has 0 N–H and O–H groups in total. The number of carbonyl (C=O) groups excluding carboxylic acids is 1. The summed E-state index contributed by atoms with van der Waals surface area (Å²) in [6.07, 6.45) is 0. The number of ether oxygens (including phenoxy) is 1. The number of cyclic esters (lactones) is 1. The molecule has 0 aromatic rings. The van der Waals surface area contributed by atoms with Gasteiger partial charge in [-0.25, -0.2) is 0 Å². The van der Waals surface area contributed by atoms with E-state index in [2.05, 4.69) is 18.7 Å². The van der Waals surface area contributed by atoms with E-state index in [0.717, 1.165) is 6.54 Å². The minimum Gasteiger partial charge on any atom is -0.463 e. The van der Waals surface area contributed by atoms with Crippen molar-refractivity contribution in [3.8, 4) is 0 Å². The molecule has 3 heteroatoms. The molecular formula is C8H13NO2. The van der Waals surface area contributed by atoms with E-state index in [-0.39, 0.29) is 12.0 Å². The van der Waals surface area contributed by atoms with Crippen molar-refractivity contribution in [1.82, 2.24) is 4.90 Å². The van der Waals surface area contributed by atoms with Crippen molar-refractivity contribution >= 4 is 5.97 Å². The molecular weight excluding hydrogens is 142 g/mol. The molecule has 2 aliphatic rings. The summed E-state index contributed by atoms with van der Waals surface area (Å²) in [6, 6.07) is 0.578. The van der Waals surface area contributed by atoms with Gasteiger partial charge in [0, 0.05) is 12.6 Å². The van der Waals surface area contributed by atoms with Crippen LogP contribution in [-0.2, 0) is 9.53 Å². The predicted octanol–water partition coefficient (Wildman–Crippen LogP) is 0.252.